The highest BCUT2D eigenvalue weighted by Crippen LogP contribution is 2.49. The third-order valence-electron chi connectivity index (χ3n) is 11.4. The van der Waals surface area contributed by atoms with Crippen molar-refractivity contribution in [2.24, 2.45) is 17.8 Å². The van der Waals surface area contributed by atoms with Gasteiger partial charge in [-0.2, -0.15) is 0 Å². The van der Waals surface area contributed by atoms with Crippen LogP contribution < -0.4 is 15.4 Å². The first-order chi connectivity index (χ1) is 22.3. The summed E-state index contributed by atoms with van der Waals surface area (Å²) in [6.07, 6.45) is 13.3. The Balaban J connectivity index is 1.15. The largest absolute Gasteiger partial charge is 0.487 e. The van der Waals surface area contributed by atoms with Crippen molar-refractivity contribution in [1.82, 2.24) is 15.5 Å². The van der Waals surface area contributed by atoms with Gasteiger partial charge in [0, 0.05) is 44.6 Å². The second kappa shape index (κ2) is 14.9. The van der Waals surface area contributed by atoms with E-state index in [1.165, 1.54) is 49.7 Å². The van der Waals surface area contributed by atoms with Crippen LogP contribution in [0.3, 0.4) is 0 Å². The number of amides is 2. The maximum absolute atomic E-state index is 14.0. The molecule has 1 spiro atoms. The van der Waals surface area contributed by atoms with E-state index >= 15 is 0 Å². The normalized spacial score (nSPS) is 25.5. The van der Waals surface area contributed by atoms with Crippen LogP contribution in [-0.2, 0) is 22.4 Å². The van der Waals surface area contributed by atoms with E-state index in [2.05, 4.69) is 47.9 Å². The average molecular weight is 630 g/mol. The van der Waals surface area contributed by atoms with Crippen LogP contribution in [0.25, 0.3) is 0 Å². The molecule has 2 aromatic carbocycles. The number of ether oxygens (including phenoxy) is 1. The smallest absolute Gasteiger partial charge is 0.225 e. The zero-order chi connectivity index (χ0) is 32.1. The monoisotopic (exact) mass is 629 g/mol. The molecule has 2 saturated carbocycles. The van der Waals surface area contributed by atoms with Gasteiger partial charge < -0.3 is 25.4 Å². The molecule has 0 aromatic heterocycles. The first kappa shape index (κ1) is 33.0. The van der Waals surface area contributed by atoms with Crippen molar-refractivity contribution in [2.75, 3.05) is 19.6 Å². The van der Waals surface area contributed by atoms with Crippen LogP contribution in [0.4, 0.5) is 0 Å². The van der Waals surface area contributed by atoms with Crippen LogP contribution in [-0.4, -0.2) is 59.2 Å². The zero-order valence-electron chi connectivity index (χ0n) is 28.0. The standard InChI is InChI=1S/C39H55N3O4/c1-3-28-15-16-37-33(21-28)35(23-39(46-37)17-10-18-39)40-24-36(44)34(22-30-13-8-5-9-14-30)41-38(45)32-20-31(25-42(26-32)27(2)43)19-29-11-6-4-7-12-29/h5,8-9,13-16,21,29,31-32,34-36,40,44H,3-4,6-7,10-12,17-20,22-26H2,1-2H3,(H,41,45)/t31?,32?,34-,35?,36+/m0/s1. The summed E-state index contributed by atoms with van der Waals surface area (Å²) in [4.78, 5) is 28.4. The van der Waals surface area contributed by atoms with E-state index in [0.29, 0.717) is 31.3 Å². The topological polar surface area (TPSA) is 90.9 Å². The van der Waals surface area contributed by atoms with Gasteiger partial charge in [-0.1, -0.05) is 81.5 Å². The summed E-state index contributed by atoms with van der Waals surface area (Å²) in [5.41, 5.74) is 3.41. The number of nitrogens with zero attached hydrogens (tertiary/aromatic N) is 1. The summed E-state index contributed by atoms with van der Waals surface area (Å²) < 4.78 is 6.53. The van der Waals surface area contributed by atoms with Crippen molar-refractivity contribution < 1.29 is 19.4 Å². The minimum absolute atomic E-state index is 0.0444. The Bertz CT molecular complexity index is 1320. The summed E-state index contributed by atoms with van der Waals surface area (Å²) in [5.74, 6) is 1.74. The Morgan fingerprint density at radius 3 is 2.48 bits per heavy atom. The second-order valence-electron chi connectivity index (χ2n) is 14.9. The molecule has 4 aliphatic rings. The van der Waals surface area contributed by atoms with Crippen molar-refractivity contribution in [3.63, 3.8) is 0 Å². The highest BCUT2D eigenvalue weighted by atomic mass is 16.5. The van der Waals surface area contributed by atoms with Gasteiger partial charge in [-0.15, -0.1) is 0 Å². The van der Waals surface area contributed by atoms with E-state index in [0.717, 1.165) is 56.4 Å². The number of piperidine rings is 1. The molecule has 2 aliphatic heterocycles. The van der Waals surface area contributed by atoms with Gasteiger partial charge in [0.25, 0.3) is 0 Å². The zero-order valence-corrected chi connectivity index (χ0v) is 28.0. The Morgan fingerprint density at radius 2 is 1.78 bits per heavy atom. The fraction of sp³-hybridized carbons (Fsp3) is 0.641. The van der Waals surface area contributed by atoms with Gasteiger partial charge in [-0.05, 0) is 74.0 Å². The van der Waals surface area contributed by atoms with Gasteiger partial charge in [-0.25, -0.2) is 0 Å². The van der Waals surface area contributed by atoms with Crippen molar-refractivity contribution in [3.05, 3.63) is 65.2 Å². The maximum Gasteiger partial charge on any atom is 0.225 e. The Morgan fingerprint density at radius 1 is 1.00 bits per heavy atom. The number of nitrogens with one attached hydrogen (secondary N) is 2. The first-order valence-electron chi connectivity index (χ1n) is 18.1. The third kappa shape index (κ3) is 7.96. The lowest BCUT2D eigenvalue weighted by molar-refractivity contribution is -0.136. The number of carbonyl (C=O) groups excluding carboxylic acids is 2. The molecule has 3 unspecified atom stereocenters. The molecule has 7 nitrogen and oxygen atoms in total. The first-order valence-corrected chi connectivity index (χ1v) is 18.1. The van der Waals surface area contributed by atoms with Gasteiger partial charge in [0.05, 0.1) is 18.1 Å². The molecule has 3 N–H and O–H groups in total. The second-order valence-corrected chi connectivity index (χ2v) is 14.9. The number of hydrogen-bond acceptors (Lipinski definition) is 5. The van der Waals surface area contributed by atoms with E-state index in [-0.39, 0.29) is 29.4 Å². The molecular formula is C39H55N3O4. The number of benzene rings is 2. The van der Waals surface area contributed by atoms with Crippen LogP contribution in [0.1, 0.15) is 107 Å². The number of fused-ring (bicyclic) bond motifs is 1. The minimum atomic E-state index is -0.785. The highest BCUT2D eigenvalue weighted by Gasteiger charge is 2.45. The summed E-state index contributed by atoms with van der Waals surface area (Å²) in [7, 11) is 0. The molecule has 46 heavy (non-hydrogen) atoms. The van der Waals surface area contributed by atoms with E-state index in [1.54, 1.807) is 6.92 Å². The number of carbonyl (C=O) groups is 2. The molecule has 7 heteroatoms. The minimum Gasteiger partial charge on any atom is -0.487 e. The quantitative estimate of drug-likeness (QED) is 0.278. The number of aryl methyl sites for hydroxylation is 1. The predicted octanol–water partition coefficient (Wildman–Crippen LogP) is 6.13. The molecule has 2 heterocycles. The van der Waals surface area contributed by atoms with E-state index in [9.17, 15) is 14.7 Å². The van der Waals surface area contributed by atoms with Gasteiger partial charge >= 0.3 is 0 Å². The van der Waals surface area contributed by atoms with Gasteiger partial charge in [0.2, 0.25) is 11.8 Å². The summed E-state index contributed by atoms with van der Waals surface area (Å²) >= 11 is 0. The lowest BCUT2D eigenvalue weighted by atomic mass is 9.72. The molecule has 250 valence electrons. The number of hydrogen-bond donors (Lipinski definition) is 3. The molecule has 6 rings (SSSR count). The summed E-state index contributed by atoms with van der Waals surface area (Å²) in [5, 5.41) is 18.7. The fourth-order valence-corrected chi connectivity index (χ4v) is 8.57. The molecule has 2 aliphatic carbocycles. The van der Waals surface area contributed by atoms with E-state index < -0.39 is 12.1 Å². The maximum atomic E-state index is 14.0. The van der Waals surface area contributed by atoms with Crippen LogP contribution in [0.2, 0.25) is 0 Å². The summed E-state index contributed by atoms with van der Waals surface area (Å²) in [6.45, 7) is 5.36. The molecule has 0 radical (unpaired) electrons. The third-order valence-corrected chi connectivity index (χ3v) is 11.4. The fourth-order valence-electron chi connectivity index (χ4n) is 8.57. The lowest BCUT2D eigenvalue weighted by Gasteiger charge is -2.48. The van der Waals surface area contributed by atoms with Crippen LogP contribution in [0.15, 0.2) is 48.5 Å². The number of likely N-dealkylation sites (tertiary alicyclic amines) is 1. The molecule has 0 bridgehead atoms. The number of rotatable bonds is 11. The Labute approximate surface area is 275 Å². The predicted molar refractivity (Wildman–Crippen MR) is 182 cm³/mol. The summed E-state index contributed by atoms with van der Waals surface area (Å²) in [6, 6.07) is 16.3. The molecule has 5 atom stereocenters. The van der Waals surface area contributed by atoms with Crippen LogP contribution in [0.5, 0.6) is 5.75 Å². The Hall–Kier alpha value is -2.90. The van der Waals surface area contributed by atoms with Crippen LogP contribution in [0, 0.1) is 17.8 Å². The molecule has 2 amide bonds. The van der Waals surface area contributed by atoms with Crippen molar-refractivity contribution in [3.8, 4) is 5.75 Å². The van der Waals surface area contributed by atoms with E-state index in [4.69, 9.17) is 4.74 Å². The molecular weight excluding hydrogens is 574 g/mol. The highest BCUT2D eigenvalue weighted by molar-refractivity contribution is 5.81. The van der Waals surface area contributed by atoms with Crippen molar-refractivity contribution >= 4 is 11.8 Å². The molecule has 3 fully saturated rings. The van der Waals surface area contributed by atoms with Gasteiger partial charge in [0.1, 0.15) is 11.4 Å². The lowest BCUT2D eigenvalue weighted by Crippen LogP contribution is -2.55. The average Bonchev–Trinajstić information content (AvgIpc) is 3.06. The van der Waals surface area contributed by atoms with Crippen LogP contribution >= 0.6 is 0 Å². The van der Waals surface area contributed by atoms with E-state index in [1.807, 2.05) is 23.1 Å². The number of aliphatic hydroxyl groups is 1. The SMILES string of the molecule is CCc1ccc2c(c1)C(NC[C@@H](O)[C@H](Cc1ccccc1)NC(=O)C1CC(CC3CCCCC3)CN(C(C)=O)C1)CC1(CCC1)O2. The Kier molecular flexibility index (Phi) is 10.7. The molecule has 2 aromatic rings. The van der Waals surface area contributed by atoms with Crippen molar-refractivity contribution in [1.29, 1.82) is 0 Å². The molecule has 1 saturated heterocycles. The van der Waals surface area contributed by atoms with Gasteiger partial charge in [0.15, 0.2) is 0 Å². The van der Waals surface area contributed by atoms with Crippen molar-refractivity contribution in [2.45, 2.75) is 121 Å². The number of aliphatic hydroxyl groups excluding tert-OH is 1. The van der Waals surface area contributed by atoms with Gasteiger partial charge in [-0.3, -0.25) is 9.59 Å².